The van der Waals surface area contributed by atoms with Crippen molar-refractivity contribution in [3.8, 4) is 11.5 Å². The Morgan fingerprint density at radius 1 is 1.00 bits per heavy atom. The van der Waals surface area contributed by atoms with Crippen molar-refractivity contribution < 1.29 is 19.4 Å². The zero-order valence-electron chi connectivity index (χ0n) is 15.7. The summed E-state index contributed by atoms with van der Waals surface area (Å²) in [7, 11) is 0. The lowest BCUT2D eigenvalue weighted by Crippen LogP contribution is -2.33. The normalized spacial score (nSPS) is 10.4. The Balaban J connectivity index is 0.000000377. The first-order chi connectivity index (χ1) is 12.7. The summed E-state index contributed by atoms with van der Waals surface area (Å²) in [5, 5.41) is 11.4. The molecule has 0 fully saturated rings. The van der Waals surface area contributed by atoms with Crippen molar-refractivity contribution >= 4 is 51.3 Å². The van der Waals surface area contributed by atoms with Gasteiger partial charge in [0.2, 0.25) is 0 Å². The zero-order valence-corrected chi connectivity index (χ0v) is 20.0. The monoisotopic (exact) mass is 597 g/mol. The van der Waals surface area contributed by atoms with Crippen LogP contribution in [0.25, 0.3) is 0 Å². The molecule has 0 atom stereocenters. The van der Waals surface area contributed by atoms with Gasteiger partial charge in [-0.1, -0.05) is 0 Å². The smallest absolute Gasteiger partial charge is 0.407 e. The van der Waals surface area contributed by atoms with Crippen molar-refractivity contribution in [2.24, 2.45) is 0 Å². The Kier molecular flexibility index (Phi) is 10.8. The Labute approximate surface area is 188 Å². The molecule has 0 heterocycles. The second-order valence-electron chi connectivity index (χ2n) is 6.56. The van der Waals surface area contributed by atoms with Gasteiger partial charge in [0.1, 0.15) is 17.1 Å². The van der Waals surface area contributed by atoms with Crippen LogP contribution in [-0.2, 0) is 4.74 Å². The third kappa shape index (κ3) is 12.7. The number of rotatable bonds is 5. The topological polar surface area (TPSA) is 67.8 Å². The highest BCUT2D eigenvalue weighted by atomic mass is 127. The SMILES string of the molecule is CC(C)(C)OC(=O)NCCCOc1ccc(I)cc1.Oc1ccc(I)cc1. The molecule has 2 aromatic carbocycles. The number of phenols is 1. The molecule has 0 aliphatic carbocycles. The summed E-state index contributed by atoms with van der Waals surface area (Å²) in [4.78, 5) is 11.4. The summed E-state index contributed by atoms with van der Waals surface area (Å²) >= 11 is 4.43. The summed E-state index contributed by atoms with van der Waals surface area (Å²) in [6.45, 7) is 6.63. The molecule has 7 heteroatoms. The van der Waals surface area contributed by atoms with Crippen LogP contribution in [0.4, 0.5) is 4.79 Å². The molecule has 148 valence electrons. The number of carbonyl (C=O) groups excluding carboxylic acids is 1. The van der Waals surface area contributed by atoms with Crippen molar-refractivity contribution in [2.45, 2.75) is 32.8 Å². The minimum Gasteiger partial charge on any atom is -0.508 e. The van der Waals surface area contributed by atoms with Gasteiger partial charge in [0.05, 0.1) is 6.61 Å². The van der Waals surface area contributed by atoms with Gasteiger partial charge in [-0.3, -0.25) is 0 Å². The lowest BCUT2D eigenvalue weighted by Gasteiger charge is -2.19. The molecule has 2 aromatic rings. The average molecular weight is 597 g/mol. The van der Waals surface area contributed by atoms with E-state index in [0.717, 1.165) is 15.7 Å². The quantitative estimate of drug-likeness (QED) is 0.349. The van der Waals surface area contributed by atoms with Crippen molar-refractivity contribution in [2.75, 3.05) is 13.2 Å². The van der Waals surface area contributed by atoms with Gasteiger partial charge in [-0.25, -0.2) is 4.79 Å². The van der Waals surface area contributed by atoms with Crippen LogP contribution in [-0.4, -0.2) is 30.0 Å². The molecule has 0 bridgehead atoms. The number of phenolic OH excluding ortho intramolecular Hbond substituents is 1. The van der Waals surface area contributed by atoms with Gasteiger partial charge in [-0.05, 0) is 121 Å². The van der Waals surface area contributed by atoms with Gasteiger partial charge < -0.3 is 19.9 Å². The van der Waals surface area contributed by atoms with Crippen molar-refractivity contribution in [3.05, 3.63) is 55.7 Å². The zero-order chi connectivity index (χ0) is 20.3. The minimum atomic E-state index is -0.457. The van der Waals surface area contributed by atoms with Crippen LogP contribution in [0.1, 0.15) is 27.2 Å². The maximum atomic E-state index is 11.4. The van der Waals surface area contributed by atoms with Gasteiger partial charge in [0, 0.05) is 13.7 Å². The van der Waals surface area contributed by atoms with E-state index in [0.29, 0.717) is 18.9 Å². The molecule has 0 saturated carbocycles. The van der Waals surface area contributed by atoms with Crippen LogP contribution in [0.5, 0.6) is 11.5 Å². The molecule has 0 aliphatic heterocycles. The molecule has 0 unspecified atom stereocenters. The fourth-order valence-electron chi connectivity index (χ4n) is 1.74. The highest BCUT2D eigenvalue weighted by Gasteiger charge is 2.15. The first-order valence-electron chi connectivity index (χ1n) is 8.45. The second kappa shape index (κ2) is 12.3. The van der Waals surface area contributed by atoms with E-state index in [4.69, 9.17) is 14.6 Å². The van der Waals surface area contributed by atoms with E-state index in [-0.39, 0.29) is 6.09 Å². The van der Waals surface area contributed by atoms with Crippen molar-refractivity contribution in [1.82, 2.24) is 5.32 Å². The van der Waals surface area contributed by atoms with Gasteiger partial charge in [-0.15, -0.1) is 0 Å². The van der Waals surface area contributed by atoms with Crippen LogP contribution < -0.4 is 10.1 Å². The summed E-state index contributed by atoms with van der Waals surface area (Å²) in [6.07, 6.45) is 0.354. The summed E-state index contributed by atoms with van der Waals surface area (Å²) < 4.78 is 13.0. The summed E-state index contributed by atoms with van der Waals surface area (Å²) in [5.41, 5.74) is -0.457. The lowest BCUT2D eigenvalue weighted by molar-refractivity contribution is 0.0525. The molecule has 0 spiro atoms. The number of alkyl carbamates (subject to hydrolysis) is 1. The van der Waals surface area contributed by atoms with E-state index in [1.54, 1.807) is 12.1 Å². The first kappa shape index (κ1) is 23.8. The molecule has 5 nitrogen and oxygen atoms in total. The Hall–Kier alpha value is -1.23. The molecule has 2 rings (SSSR count). The number of benzene rings is 2. The fourth-order valence-corrected chi connectivity index (χ4v) is 2.46. The van der Waals surface area contributed by atoms with E-state index in [1.165, 1.54) is 3.57 Å². The molecule has 0 aliphatic rings. The highest BCUT2D eigenvalue weighted by molar-refractivity contribution is 14.1. The van der Waals surface area contributed by atoms with Crippen molar-refractivity contribution in [3.63, 3.8) is 0 Å². The predicted molar refractivity (Wildman–Crippen MR) is 124 cm³/mol. The Morgan fingerprint density at radius 2 is 1.52 bits per heavy atom. The van der Waals surface area contributed by atoms with Crippen molar-refractivity contribution in [1.29, 1.82) is 0 Å². The highest BCUT2D eigenvalue weighted by Crippen LogP contribution is 2.13. The summed E-state index contributed by atoms with van der Waals surface area (Å²) in [6, 6.07) is 14.9. The van der Waals surface area contributed by atoms with E-state index in [2.05, 4.69) is 50.5 Å². The molecule has 0 saturated heterocycles. The summed E-state index contributed by atoms with van der Waals surface area (Å²) in [5.74, 6) is 1.17. The number of amides is 1. The minimum absolute atomic E-state index is 0.324. The molecular formula is C20H25I2NO4. The van der Waals surface area contributed by atoms with E-state index >= 15 is 0 Å². The van der Waals surface area contributed by atoms with Gasteiger partial charge in [0.25, 0.3) is 0 Å². The van der Waals surface area contributed by atoms with Gasteiger partial charge in [-0.2, -0.15) is 0 Å². The Morgan fingerprint density at radius 3 is 2.00 bits per heavy atom. The Bertz CT molecular complexity index is 662. The van der Waals surface area contributed by atoms with Gasteiger partial charge in [0.15, 0.2) is 0 Å². The van der Waals surface area contributed by atoms with Crippen LogP contribution in [0.15, 0.2) is 48.5 Å². The third-order valence-corrected chi connectivity index (χ3v) is 4.34. The van der Waals surface area contributed by atoms with E-state index in [1.807, 2.05) is 57.2 Å². The van der Waals surface area contributed by atoms with Crippen LogP contribution >= 0.6 is 45.2 Å². The van der Waals surface area contributed by atoms with Gasteiger partial charge >= 0.3 is 6.09 Å². The standard InChI is InChI=1S/C14H20INO3.C6H5IO/c1-14(2,3)19-13(17)16-9-4-10-18-12-7-5-11(15)6-8-12;7-5-1-3-6(8)4-2-5/h5-8H,4,9-10H2,1-3H3,(H,16,17);1-4,8H. The number of hydrogen-bond donors (Lipinski definition) is 2. The molecule has 27 heavy (non-hydrogen) atoms. The van der Waals surface area contributed by atoms with E-state index < -0.39 is 5.60 Å². The maximum absolute atomic E-state index is 11.4. The lowest BCUT2D eigenvalue weighted by atomic mass is 10.2. The number of ether oxygens (including phenoxy) is 2. The molecule has 1 amide bonds. The van der Waals surface area contributed by atoms with Crippen LogP contribution in [0, 0.1) is 7.14 Å². The second-order valence-corrected chi connectivity index (χ2v) is 9.05. The number of carbonyl (C=O) groups is 1. The largest absolute Gasteiger partial charge is 0.508 e. The van der Waals surface area contributed by atoms with Crippen LogP contribution in [0.3, 0.4) is 0 Å². The number of nitrogens with one attached hydrogen (secondary N) is 1. The number of aromatic hydroxyl groups is 1. The van der Waals surface area contributed by atoms with E-state index in [9.17, 15) is 4.79 Å². The molecule has 0 radical (unpaired) electrons. The maximum Gasteiger partial charge on any atom is 0.407 e. The molecule has 2 N–H and O–H groups in total. The van der Waals surface area contributed by atoms with Crippen LogP contribution in [0.2, 0.25) is 0 Å². The fraction of sp³-hybridized carbons (Fsp3) is 0.350. The number of hydrogen-bond acceptors (Lipinski definition) is 4. The number of halogens is 2. The third-order valence-electron chi connectivity index (χ3n) is 2.90. The molecular weight excluding hydrogens is 572 g/mol. The predicted octanol–water partition coefficient (Wildman–Crippen LogP) is 5.58. The first-order valence-corrected chi connectivity index (χ1v) is 10.6. The molecule has 0 aromatic heterocycles. The average Bonchev–Trinajstić information content (AvgIpc) is 2.58.